The molecule has 21 heavy (non-hydrogen) atoms. The fourth-order valence-corrected chi connectivity index (χ4v) is 2.90. The molecule has 118 valence electrons. The third-order valence-corrected chi connectivity index (χ3v) is 3.84. The van der Waals surface area contributed by atoms with Crippen LogP contribution in [0.25, 0.3) is 0 Å². The maximum atomic E-state index is 12.7. The second kappa shape index (κ2) is 7.61. The number of rotatable bonds is 3. The lowest BCUT2D eigenvalue weighted by atomic mass is 10.0. The number of carbonyl (C=O) groups is 2. The van der Waals surface area contributed by atoms with Crippen molar-refractivity contribution in [3.8, 4) is 0 Å². The van der Waals surface area contributed by atoms with E-state index in [0.29, 0.717) is 17.7 Å². The van der Waals surface area contributed by atoms with Gasteiger partial charge in [-0.1, -0.05) is 6.92 Å². The molecule has 0 spiro atoms. The molecule has 0 radical (unpaired) electrons. The molecule has 0 saturated carbocycles. The van der Waals surface area contributed by atoms with E-state index in [1.165, 1.54) is 0 Å². The number of aryl methyl sites for hydroxylation is 1. The third-order valence-electron chi connectivity index (χ3n) is 3.84. The number of halogens is 1. The highest BCUT2D eigenvalue weighted by Gasteiger charge is 2.25. The van der Waals surface area contributed by atoms with Crippen LogP contribution < -0.4 is 5.32 Å². The number of nitrogens with zero attached hydrogens (tertiary/aromatic N) is 1. The molecule has 0 aromatic carbocycles. The zero-order valence-electron chi connectivity index (χ0n) is 12.9. The maximum absolute atomic E-state index is 12.7. The summed E-state index contributed by atoms with van der Waals surface area (Å²) < 4.78 is 0. The average molecular weight is 314 g/mol. The van der Waals surface area contributed by atoms with E-state index in [1.54, 1.807) is 6.92 Å². The highest BCUT2D eigenvalue weighted by Crippen LogP contribution is 2.22. The van der Waals surface area contributed by atoms with Crippen LogP contribution in [0.5, 0.6) is 0 Å². The van der Waals surface area contributed by atoms with Crippen LogP contribution >= 0.6 is 12.4 Å². The predicted octanol–water partition coefficient (Wildman–Crippen LogP) is 1.95. The van der Waals surface area contributed by atoms with E-state index in [4.69, 9.17) is 0 Å². The van der Waals surface area contributed by atoms with Gasteiger partial charge in [-0.3, -0.25) is 9.59 Å². The number of nitrogens with one attached hydrogen (secondary N) is 2. The first-order valence-electron chi connectivity index (χ1n) is 7.28. The van der Waals surface area contributed by atoms with Gasteiger partial charge in [0.15, 0.2) is 5.78 Å². The van der Waals surface area contributed by atoms with E-state index >= 15 is 0 Å². The molecule has 1 fully saturated rings. The lowest BCUT2D eigenvalue weighted by Gasteiger charge is -2.20. The van der Waals surface area contributed by atoms with Gasteiger partial charge in [0.2, 0.25) is 0 Å². The molecule has 5 nitrogen and oxygen atoms in total. The lowest BCUT2D eigenvalue weighted by molar-refractivity contribution is 0.0760. The molecule has 0 bridgehead atoms. The van der Waals surface area contributed by atoms with Crippen molar-refractivity contribution in [3.05, 3.63) is 22.5 Å². The fourth-order valence-electron chi connectivity index (χ4n) is 2.90. The van der Waals surface area contributed by atoms with Crippen molar-refractivity contribution in [2.24, 2.45) is 0 Å². The zero-order chi connectivity index (χ0) is 14.7. The molecule has 0 atom stereocenters. The van der Waals surface area contributed by atoms with Crippen molar-refractivity contribution in [1.29, 1.82) is 0 Å². The highest BCUT2D eigenvalue weighted by molar-refractivity contribution is 6.02. The molecule has 2 heterocycles. The van der Waals surface area contributed by atoms with E-state index in [-0.39, 0.29) is 24.1 Å². The van der Waals surface area contributed by atoms with Crippen LogP contribution in [0, 0.1) is 6.92 Å². The van der Waals surface area contributed by atoms with Crippen LogP contribution in [0.2, 0.25) is 0 Å². The van der Waals surface area contributed by atoms with Crippen molar-refractivity contribution < 1.29 is 9.59 Å². The maximum Gasteiger partial charge on any atom is 0.270 e. The van der Waals surface area contributed by atoms with E-state index in [9.17, 15) is 9.59 Å². The Bertz CT molecular complexity index is 517. The van der Waals surface area contributed by atoms with Gasteiger partial charge in [0.25, 0.3) is 5.91 Å². The smallest absolute Gasteiger partial charge is 0.270 e. The van der Waals surface area contributed by atoms with Crippen molar-refractivity contribution in [2.75, 3.05) is 26.2 Å². The molecule has 1 aromatic heterocycles. The Balaban J connectivity index is 0.00000220. The second-order valence-electron chi connectivity index (χ2n) is 5.28. The first-order valence-corrected chi connectivity index (χ1v) is 7.28. The topological polar surface area (TPSA) is 65.2 Å². The third kappa shape index (κ3) is 3.66. The van der Waals surface area contributed by atoms with Gasteiger partial charge in [-0.25, -0.2) is 0 Å². The summed E-state index contributed by atoms with van der Waals surface area (Å²) in [6.07, 6.45) is 1.65. The van der Waals surface area contributed by atoms with Crippen LogP contribution in [-0.2, 0) is 6.42 Å². The minimum Gasteiger partial charge on any atom is -0.354 e. The van der Waals surface area contributed by atoms with Crippen LogP contribution in [0.3, 0.4) is 0 Å². The number of aromatic amines is 1. The van der Waals surface area contributed by atoms with Gasteiger partial charge in [0.1, 0.15) is 5.69 Å². The Morgan fingerprint density at radius 1 is 1.24 bits per heavy atom. The second-order valence-corrected chi connectivity index (χ2v) is 5.28. The van der Waals surface area contributed by atoms with Gasteiger partial charge in [-0.15, -0.1) is 12.4 Å². The molecule has 1 aromatic rings. The SMILES string of the molecule is CCc1c(C(=O)N2CCCNCC2)[nH]c(C)c1C(C)=O.Cl. The van der Waals surface area contributed by atoms with Crippen LogP contribution in [0.1, 0.15) is 52.4 Å². The Hall–Kier alpha value is -1.33. The Morgan fingerprint density at radius 3 is 2.57 bits per heavy atom. The summed E-state index contributed by atoms with van der Waals surface area (Å²) in [7, 11) is 0. The normalized spacial score (nSPS) is 15.3. The molecule has 1 aliphatic rings. The summed E-state index contributed by atoms with van der Waals surface area (Å²) in [4.78, 5) is 29.4. The highest BCUT2D eigenvalue weighted by atomic mass is 35.5. The number of amides is 1. The quantitative estimate of drug-likeness (QED) is 0.838. The van der Waals surface area contributed by atoms with Crippen LogP contribution in [0.4, 0.5) is 0 Å². The molecule has 1 aliphatic heterocycles. The first kappa shape index (κ1) is 17.7. The van der Waals surface area contributed by atoms with Crippen molar-refractivity contribution in [1.82, 2.24) is 15.2 Å². The van der Waals surface area contributed by atoms with Gasteiger partial charge in [-0.2, -0.15) is 0 Å². The van der Waals surface area contributed by atoms with Gasteiger partial charge >= 0.3 is 0 Å². The monoisotopic (exact) mass is 313 g/mol. The van der Waals surface area contributed by atoms with Gasteiger partial charge in [0, 0.05) is 30.9 Å². The molecular weight excluding hydrogens is 290 g/mol. The van der Waals surface area contributed by atoms with Crippen molar-refractivity contribution in [3.63, 3.8) is 0 Å². The lowest BCUT2D eigenvalue weighted by Crippen LogP contribution is -2.35. The van der Waals surface area contributed by atoms with Crippen LogP contribution in [0.15, 0.2) is 0 Å². The molecule has 6 heteroatoms. The van der Waals surface area contributed by atoms with Crippen LogP contribution in [-0.4, -0.2) is 47.8 Å². The van der Waals surface area contributed by atoms with E-state index in [2.05, 4.69) is 10.3 Å². The number of hydrogen-bond donors (Lipinski definition) is 2. The average Bonchev–Trinajstić information content (AvgIpc) is 2.60. The number of Topliss-reactive ketones (excluding diaryl/α,β-unsaturated/α-hetero) is 1. The number of hydrogen-bond acceptors (Lipinski definition) is 3. The van der Waals surface area contributed by atoms with Gasteiger partial charge in [0.05, 0.1) is 0 Å². The standard InChI is InChI=1S/C15H23N3O2.ClH/c1-4-12-13(11(3)19)10(2)17-14(12)15(20)18-8-5-6-16-7-9-18;/h16-17H,4-9H2,1-3H3;1H. The zero-order valence-corrected chi connectivity index (χ0v) is 13.7. The molecular formula is C15H24ClN3O2. The molecule has 0 unspecified atom stereocenters. The molecule has 2 N–H and O–H groups in total. The van der Waals surface area contributed by atoms with E-state index in [1.807, 2.05) is 18.7 Å². The summed E-state index contributed by atoms with van der Waals surface area (Å²) in [6, 6.07) is 0. The minimum absolute atomic E-state index is 0. The number of H-pyrrole nitrogens is 1. The molecule has 1 saturated heterocycles. The summed E-state index contributed by atoms with van der Waals surface area (Å²) in [5.41, 5.74) is 2.93. The number of ketones is 1. The summed E-state index contributed by atoms with van der Waals surface area (Å²) in [5.74, 6) is 0.0355. The molecule has 2 rings (SSSR count). The Kier molecular flexibility index (Phi) is 6.42. The fraction of sp³-hybridized carbons (Fsp3) is 0.600. The molecule has 1 amide bonds. The summed E-state index contributed by atoms with van der Waals surface area (Å²) in [6.45, 7) is 8.66. The van der Waals surface area contributed by atoms with E-state index in [0.717, 1.165) is 43.9 Å². The summed E-state index contributed by atoms with van der Waals surface area (Å²) in [5, 5.41) is 3.29. The Labute approximate surface area is 131 Å². The summed E-state index contributed by atoms with van der Waals surface area (Å²) >= 11 is 0. The number of aromatic nitrogens is 1. The van der Waals surface area contributed by atoms with Gasteiger partial charge < -0.3 is 15.2 Å². The largest absolute Gasteiger partial charge is 0.354 e. The Morgan fingerprint density at radius 2 is 1.95 bits per heavy atom. The molecule has 0 aliphatic carbocycles. The van der Waals surface area contributed by atoms with Gasteiger partial charge in [-0.05, 0) is 38.8 Å². The number of carbonyl (C=O) groups excluding carboxylic acids is 2. The van der Waals surface area contributed by atoms with E-state index < -0.39 is 0 Å². The predicted molar refractivity (Wildman–Crippen MR) is 85.6 cm³/mol. The van der Waals surface area contributed by atoms with Crippen molar-refractivity contribution in [2.45, 2.75) is 33.6 Å². The first-order chi connectivity index (χ1) is 9.56. The van der Waals surface area contributed by atoms with Crippen molar-refractivity contribution >= 4 is 24.1 Å². The minimum atomic E-state index is 0.